The second kappa shape index (κ2) is 33.2. The van der Waals surface area contributed by atoms with Gasteiger partial charge in [0.25, 0.3) is 0 Å². The van der Waals surface area contributed by atoms with Gasteiger partial charge < -0.3 is 5.11 Å². The van der Waals surface area contributed by atoms with E-state index in [1.54, 1.807) is 0 Å². The first kappa shape index (κ1) is 31.0. The molecule has 0 aromatic carbocycles. The third-order valence-corrected chi connectivity index (χ3v) is 0.512. The molecule has 0 unspecified atom stereocenters. The molecular weight excluding hydrogens is 349 g/mol. The molecule has 0 aliphatic heterocycles. The standard InChI is InChI=1S/C4H10O.3ClH.Hf/c1-2-3-4-5;;;;/h5H,2-4H2,1H3;3*1H;. The summed E-state index contributed by atoms with van der Waals surface area (Å²) in [7, 11) is 0. The molecule has 0 heterocycles. The zero-order chi connectivity index (χ0) is 4.12. The molecule has 1 nitrogen and oxygen atoms in total. The molecule has 60 valence electrons. The topological polar surface area (TPSA) is 20.2 Å². The molecule has 0 radical (unpaired) electrons. The summed E-state index contributed by atoms with van der Waals surface area (Å²) in [5.41, 5.74) is 0. The Labute approximate surface area is 94.0 Å². The predicted molar refractivity (Wildman–Crippen MR) is 43.7 cm³/mol. The summed E-state index contributed by atoms with van der Waals surface area (Å²) in [6.45, 7) is 2.40. The van der Waals surface area contributed by atoms with Crippen molar-refractivity contribution in [1.82, 2.24) is 0 Å². The number of aliphatic hydroxyl groups is 1. The summed E-state index contributed by atoms with van der Waals surface area (Å²) in [6, 6.07) is 0. The van der Waals surface area contributed by atoms with Crippen molar-refractivity contribution in [2.24, 2.45) is 0 Å². The normalized spacial score (nSPS) is 4.67. The molecule has 0 aromatic rings. The fourth-order valence-corrected chi connectivity index (χ4v) is 0.158. The molecule has 5 heteroatoms. The van der Waals surface area contributed by atoms with Crippen LogP contribution in [0.5, 0.6) is 0 Å². The van der Waals surface area contributed by atoms with Gasteiger partial charge in [0.1, 0.15) is 0 Å². The van der Waals surface area contributed by atoms with Crippen molar-refractivity contribution in [2.75, 3.05) is 6.61 Å². The minimum atomic E-state index is 0. The minimum absolute atomic E-state index is 0. The van der Waals surface area contributed by atoms with Crippen LogP contribution in [0.25, 0.3) is 0 Å². The van der Waals surface area contributed by atoms with E-state index in [1.807, 2.05) is 0 Å². The van der Waals surface area contributed by atoms with E-state index >= 15 is 0 Å². The van der Waals surface area contributed by atoms with Crippen LogP contribution in [0, 0.1) is 0 Å². The molecule has 0 saturated carbocycles. The van der Waals surface area contributed by atoms with Crippen LogP contribution in [0.2, 0.25) is 0 Å². The third-order valence-electron chi connectivity index (χ3n) is 0.512. The van der Waals surface area contributed by atoms with E-state index in [1.165, 1.54) is 0 Å². The number of aliphatic hydroxyl groups excluding tert-OH is 1. The molecule has 0 fully saturated rings. The largest absolute Gasteiger partial charge is 0.396 e. The van der Waals surface area contributed by atoms with Gasteiger partial charge in [0.2, 0.25) is 0 Å². The van der Waals surface area contributed by atoms with E-state index in [-0.39, 0.29) is 63.1 Å². The Morgan fingerprint density at radius 3 is 1.44 bits per heavy atom. The Morgan fingerprint density at radius 1 is 1.11 bits per heavy atom. The summed E-state index contributed by atoms with van der Waals surface area (Å²) in [5.74, 6) is 0. The molecule has 0 aromatic heterocycles. The molecule has 0 saturated heterocycles. The van der Waals surface area contributed by atoms with Crippen LogP contribution in [0.3, 0.4) is 0 Å². The second-order valence-electron chi connectivity index (χ2n) is 1.08. The Balaban J connectivity index is -0.0000000133. The average molecular weight is 362 g/mol. The summed E-state index contributed by atoms with van der Waals surface area (Å²) in [5, 5.41) is 8.07. The summed E-state index contributed by atoms with van der Waals surface area (Å²) in [6.07, 6.45) is 2.04. The van der Waals surface area contributed by atoms with Crippen molar-refractivity contribution in [2.45, 2.75) is 19.8 Å². The second-order valence-corrected chi connectivity index (χ2v) is 1.08. The summed E-state index contributed by atoms with van der Waals surface area (Å²) >= 11 is 0. The van der Waals surface area contributed by atoms with Gasteiger partial charge in [0, 0.05) is 32.5 Å². The smallest absolute Gasteiger partial charge is 0.0430 e. The van der Waals surface area contributed by atoms with Crippen LogP contribution in [0.15, 0.2) is 0 Å². The Hall–Kier alpha value is 1.70. The molecule has 0 amide bonds. The van der Waals surface area contributed by atoms with Crippen LogP contribution in [0.4, 0.5) is 0 Å². The molecule has 0 bridgehead atoms. The number of halogens is 3. The summed E-state index contributed by atoms with van der Waals surface area (Å²) in [4.78, 5) is 0. The van der Waals surface area contributed by atoms with Gasteiger partial charge in [-0.15, -0.1) is 37.2 Å². The Bertz CT molecular complexity index is 23.3. The SMILES string of the molecule is CCCCO.Cl.Cl.Cl.[Hf]. The molecule has 9 heavy (non-hydrogen) atoms. The van der Waals surface area contributed by atoms with Gasteiger partial charge in [0.15, 0.2) is 0 Å². The molecular formula is C4H13Cl3HfO. The molecule has 0 spiro atoms. The molecule has 0 atom stereocenters. The van der Waals surface area contributed by atoms with Crippen molar-refractivity contribution < 1.29 is 30.9 Å². The number of unbranched alkanes of at least 4 members (excludes halogenated alkanes) is 1. The quantitative estimate of drug-likeness (QED) is 0.746. The number of hydrogen-bond donors (Lipinski definition) is 1. The van der Waals surface area contributed by atoms with Crippen molar-refractivity contribution in [1.29, 1.82) is 0 Å². The molecule has 0 aliphatic carbocycles. The number of hydrogen-bond acceptors (Lipinski definition) is 1. The zero-order valence-electron chi connectivity index (χ0n) is 5.29. The van der Waals surface area contributed by atoms with Crippen LogP contribution >= 0.6 is 37.2 Å². The van der Waals surface area contributed by atoms with Crippen molar-refractivity contribution in [3.05, 3.63) is 0 Å². The Morgan fingerprint density at radius 2 is 1.44 bits per heavy atom. The van der Waals surface area contributed by atoms with E-state index in [4.69, 9.17) is 5.11 Å². The van der Waals surface area contributed by atoms with Crippen LogP contribution in [-0.4, -0.2) is 11.7 Å². The zero-order valence-corrected chi connectivity index (χ0v) is 11.3. The minimum Gasteiger partial charge on any atom is -0.396 e. The van der Waals surface area contributed by atoms with Gasteiger partial charge in [-0.05, 0) is 6.42 Å². The van der Waals surface area contributed by atoms with Crippen LogP contribution < -0.4 is 0 Å². The van der Waals surface area contributed by atoms with E-state index < -0.39 is 0 Å². The first-order chi connectivity index (χ1) is 2.41. The van der Waals surface area contributed by atoms with Crippen molar-refractivity contribution in [3.8, 4) is 0 Å². The van der Waals surface area contributed by atoms with Gasteiger partial charge in [-0.2, -0.15) is 0 Å². The van der Waals surface area contributed by atoms with Gasteiger partial charge in [-0.1, -0.05) is 13.3 Å². The van der Waals surface area contributed by atoms with Crippen molar-refractivity contribution in [3.63, 3.8) is 0 Å². The first-order valence-electron chi connectivity index (χ1n) is 2.02. The van der Waals surface area contributed by atoms with Gasteiger partial charge >= 0.3 is 0 Å². The molecule has 0 aliphatic rings. The Kier molecular flexibility index (Phi) is 114. The van der Waals surface area contributed by atoms with E-state index in [0.717, 1.165) is 12.8 Å². The van der Waals surface area contributed by atoms with Gasteiger partial charge in [0.05, 0.1) is 0 Å². The van der Waals surface area contributed by atoms with Crippen LogP contribution in [0.1, 0.15) is 19.8 Å². The average Bonchev–Trinajstić information content (AvgIpc) is 1.41. The monoisotopic (exact) mass is 362 g/mol. The first-order valence-corrected chi connectivity index (χ1v) is 2.02. The molecule has 0 rings (SSSR count). The molecule has 1 N–H and O–H groups in total. The fraction of sp³-hybridized carbons (Fsp3) is 1.00. The van der Waals surface area contributed by atoms with Gasteiger partial charge in [-0.25, -0.2) is 0 Å². The van der Waals surface area contributed by atoms with Crippen LogP contribution in [-0.2, 0) is 25.8 Å². The third kappa shape index (κ3) is 42.0. The maximum absolute atomic E-state index is 8.07. The van der Waals surface area contributed by atoms with Gasteiger partial charge in [-0.3, -0.25) is 0 Å². The predicted octanol–water partition coefficient (Wildman–Crippen LogP) is 2.04. The van der Waals surface area contributed by atoms with Crippen molar-refractivity contribution >= 4 is 37.2 Å². The summed E-state index contributed by atoms with van der Waals surface area (Å²) < 4.78 is 0. The maximum Gasteiger partial charge on any atom is 0.0430 e. The van der Waals surface area contributed by atoms with E-state index in [2.05, 4.69) is 6.92 Å². The maximum atomic E-state index is 8.07. The number of rotatable bonds is 2. The van der Waals surface area contributed by atoms with E-state index in [0.29, 0.717) is 6.61 Å². The fourth-order valence-electron chi connectivity index (χ4n) is 0.158. The van der Waals surface area contributed by atoms with E-state index in [9.17, 15) is 0 Å².